The lowest BCUT2D eigenvalue weighted by Crippen LogP contribution is -2.23. The number of hydrogen-bond acceptors (Lipinski definition) is 7. The van der Waals surface area contributed by atoms with E-state index >= 15 is 0 Å². The fraction of sp³-hybridized carbons (Fsp3) is 0.136. The zero-order valence-electron chi connectivity index (χ0n) is 16.7. The minimum Gasteiger partial charge on any atom is -0.497 e. The molecule has 4 rings (SSSR count). The highest BCUT2D eigenvalue weighted by molar-refractivity contribution is 7.15. The molecule has 2 aromatic heterocycles. The third-order valence-corrected chi connectivity index (χ3v) is 5.40. The number of nitrogens with zero attached hydrogens (tertiary/aromatic N) is 3. The van der Waals surface area contributed by atoms with Crippen LogP contribution in [-0.2, 0) is 0 Å². The van der Waals surface area contributed by atoms with Gasteiger partial charge in [-0.3, -0.25) is 4.79 Å². The largest absolute Gasteiger partial charge is 0.497 e. The molecule has 0 spiro atoms. The van der Waals surface area contributed by atoms with Gasteiger partial charge in [0, 0.05) is 0 Å². The van der Waals surface area contributed by atoms with E-state index in [1.807, 2.05) is 54.6 Å². The monoisotopic (exact) mass is 421 g/mol. The molecule has 8 heteroatoms. The summed E-state index contributed by atoms with van der Waals surface area (Å²) in [5.74, 6) is 2.53. The van der Waals surface area contributed by atoms with E-state index in [9.17, 15) is 4.79 Å². The maximum atomic E-state index is 12.7. The van der Waals surface area contributed by atoms with E-state index in [-0.39, 0.29) is 5.56 Å². The van der Waals surface area contributed by atoms with Crippen molar-refractivity contribution in [2.45, 2.75) is 0 Å². The fourth-order valence-corrected chi connectivity index (χ4v) is 3.81. The van der Waals surface area contributed by atoms with Crippen LogP contribution >= 0.6 is 11.3 Å². The Bertz CT molecular complexity index is 1320. The van der Waals surface area contributed by atoms with Gasteiger partial charge in [-0.1, -0.05) is 35.6 Å². The average molecular weight is 421 g/mol. The van der Waals surface area contributed by atoms with Crippen molar-refractivity contribution in [2.24, 2.45) is 0 Å². The number of ether oxygens (including phenoxy) is 3. The second-order valence-corrected chi connectivity index (χ2v) is 7.31. The van der Waals surface area contributed by atoms with Crippen LogP contribution in [0.3, 0.4) is 0 Å². The average Bonchev–Trinajstić information content (AvgIpc) is 3.31. The number of aromatic nitrogens is 3. The summed E-state index contributed by atoms with van der Waals surface area (Å²) in [6, 6.07) is 13.1. The first kappa shape index (κ1) is 19.7. The van der Waals surface area contributed by atoms with E-state index in [0.717, 1.165) is 16.9 Å². The molecule has 152 valence electrons. The molecule has 4 aromatic rings. The van der Waals surface area contributed by atoms with E-state index < -0.39 is 0 Å². The Labute approximate surface area is 176 Å². The van der Waals surface area contributed by atoms with Gasteiger partial charge in [-0.15, -0.1) is 5.10 Å². The van der Waals surface area contributed by atoms with Crippen LogP contribution in [0.15, 0.2) is 47.3 Å². The Morgan fingerprint density at radius 2 is 1.63 bits per heavy atom. The van der Waals surface area contributed by atoms with Crippen LogP contribution in [0.5, 0.6) is 17.2 Å². The summed E-state index contributed by atoms with van der Waals surface area (Å²) in [5.41, 5.74) is 1.62. The number of methoxy groups -OCH3 is 3. The molecule has 0 fully saturated rings. The van der Waals surface area contributed by atoms with E-state index in [1.54, 1.807) is 27.4 Å². The summed E-state index contributed by atoms with van der Waals surface area (Å²) < 4.78 is 17.6. The van der Waals surface area contributed by atoms with Crippen LogP contribution < -0.4 is 24.3 Å². The standard InChI is InChI=1S/C22H19N3O4S/c1-27-16-8-4-15(5-9-16)13-19-21(26)25-22(30-19)23-20(24-25)11-7-14-6-10-17(28-2)18(12-14)29-3/h4-13H,1-3H3. The smallest absolute Gasteiger partial charge is 0.291 e. The van der Waals surface area contributed by atoms with Crippen LogP contribution in [0.1, 0.15) is 17.0 Å². The van der Waals surface area contributed by atoms with Gasteiger partial charge in [-0.2, -0.15) is 9.50 Å². The van der Waals surface area contributed by atoms with Crippen LogP contribution in [0, 0.1) is 0 Å². The lowest BCUT2D eigenvalue weighted by atomic mass is 10.2. The van der Waals surface area contributed by atoms with Crippen molar-refractivity contribution in [3.05, 3.63) is 74.3 Å². The first-order chi connectivity index (χ1) is 14.6. The quantitative estimate of drug-likeness (QED) is 0.477. The lowest BCUT2D eigenvalue weighted by molar-refractivity contribution is 0.355. The Morgan fingerprint density at radius 1 is 0.900 bits per heavy atom. The van der Waals surface area contributed by atoms with Gasteiger partial charge in [-0.05, 0) is 47.5 Å². The lowest BCUT2D eigenvalue weighted by Gasteiger charge is -2.07. The highest BCUT2D eigenvalue weighted by Gasteiger charge is 2.09. The van der Waals surface area contributed by atoms with Gasteiger partial charge < -0.3 is 14.2 Å². The van der Waals surface area contributed by atoms with Crippen LogP contribution in [0.2, 0.25) is 0 Å². The van der Waals surface area contributed by atoms with Crippen LogP contribution in [0.4, 0.5) is 0 Å². The summed E-state index contributed by atoms with van der Waals surface area (Å²) in [4.78, 5) is 17.6. The van der Waals surface area contributed by atoms with Crippen LogP contribution in [0.25, 0.3) is 23.2 Å². The van der Waals surface area contributed by atoms with E-state index in [0.29, 0.717) is 26.8 Å². The molecule has 0 aliphatic heterocycles. The summed E-state index contributed by atoms with van der Waals surface area (Å²) in [7, 11) is 4.80. The van der Waals surface area contributed by atoms with Crippen LogP contribution in [-0.4, -0.2) is 35.9 Å². The van der Waals surface area contributed by atoms with Gasteiger partial charge in [0.15, 0.2) is 17.3 Å². The third-order valence-electron chi connectivity index (χ3n) is 4.44. The molecule has 0 N–H and O–H groups in total. The molecule has 0 aliphatic rings. The molecule has 0 saturated carbocycles. The minimum atomic E-state index is -0.191. The molecule has 2 aromatic carbocycles. The highest BCUT2D eigenvalue weighted by Crippen LogP contribution is 2.28. The van der Waals surface area contributed by atoms with Gasteiger partial charge >= 0.3 is 0 Å². The summed E-state index contributed by atoms with van der Waals surface area (Å²) in [6.07, 6.45) is 5.44. The maximum absolute atomic E-state index is 12.7. The van der Waals surface area contributed by atoms with E-state index in [4.69, 9.17) is 14.2 Å². The van der Waals surface area contributed by atoms with Crippen molar-refractivity contribution >= 4 is 34.5 Å². The van der Waals surface area contributed by atoms with Crippen molar-refractivity contribution in [3.63, 3.8) is 0 Å². The Balaban J connectivity index is 1.61. The predicted octanol–water partition coefficient (Wildman–Crippen LogP) is 2.89. The molecule has 0 saturated heterocycles. The molecule has 0 bridgehead atoms. The van der Waals surface area contributed by atoms with Crippen molar-refractivity contribution in [1.82, 2.24) is 14.6 Å². The second kappa shape index (κ2) is 8.38. The highest BCUT2D eigenvalue weighted by atomic mass is 32.1. The molecule has 2 heterocycles. The molecule has 0 radical (unpaired) electrons. The normalized spacial score (nSPS) is 12.0. The molecule has 0 aliphatic carbocycles. The number of benzene rings is 2. The number of rotatable bonds is 6. The summed E-state index contributed by atoms with van der Waals surface area (Å²) >= 11 is 1.30. The second-order valence-electron chi connectivity index (χ2n) is 6.30. The van der Waals surface area contributed by atoms with Gasteiger partial charge in [0.1, 0.15) is 5.75 Å². The van der Waals surface area contributed by atoms with Crippen molar-refractivity contribution in [3.8, 4) is 17.2 Å². The van der Waals surface area contributed by atoms with Gasteiger partial charge in [0.25, 0.3) is 5.56 Å². The fourth-order valence-electron chi connectivity index (χ4n) is 2.90. The Hall–Kier alpha value is -3.65. The summed E-state index contributed by atoms with van der Waals surface area (Å²) in [5, 5.41) is 4.31. The minimum absolute atomic E-state index is 0.191. The number of hydrogen-bond donors (Lipinski definition) is 0. The van der Waals surface area contributed by atoms with Gasteiger partial charge in [-0.25, -0.2) is 0 Å². The Kier molecular flexibility index (Phi) is 5.49. The first-order valence-electron chi connectivity index (χ1n) is 9.06. The van der Waals surface area contributed by atoms with Crippen molar-refractivity contribution < 1.29 is 14.2 Å². The molecule has 0 unspecified atom stereocenters. The molecule has 7 nitrogen and oxygen atoms in total. The molecule has 0 atom stereocenters. The maximum Gasteiger partial charge on any atom is 0.291 e. The third kappa shape index (κ3) is 3.90. The SMILES string of the molecule is COc1ccc(C=c2sc3nc(C=Cc4ccc(OC)c(OC)c4)nn3c2=O)cc1. The van der Waals surface area contributed by atoms with Crippen molar-refractivity contribution in [1.29, 1.82) is 0 Å². The first-order valence-corrected chi connectivity index (χ1v) is 9.88. The van der Waals surface area contributed by atoms with Crippen molar-refractivity contribution in [2.75, 3.05) is 21.3 Å². The number of fused-ring (bicyclic) bond motifs is 1. The zero-order chi connectivity index (χ0) is 21.1. The van der Waals surface area contributed by atoms with Gasteiger partial charge in [0.2, 0.25) is 4.96 Å². The predicted molar refractivity (Wildman–Crippen MR) is 117 cm³/mol. The molecular formula is C22H19N3O4S. The van der Waals surface area contributed by atoms with E-state index in [2.05, 4.69) is 10.1 Å². The summed E-state index contributed by atoms with van der Waals surface area (Å²) in [6.45, 7) is 0. The van der Waals surface area contributed by atoms with E-state index in [1.165, 1.54) is 15.9 Å². The molecule has 0 amide bonds. The Morgan fingerprint density at radius 3 is 2.30 bits per heavy atom. The molecule has 30 heavy (non-hydrogen) atoms. The van der Waals surface area contributed by atoms with Gasteiger partial charge in [0.05, 0.1) is 25.9 Å². The zero-order valence-corrected chi connectivity index (χ0v) is 17.5. The number of thiazole rings is 1. The topological polar surface area (TPSA) is 74.9 Å². The molecular weight excluding hydrogens is 402 g/mol.